The fraction of sp³-hybridized carbons (Fsp3) is 0.667. The van der Waals surface area contributed by atoms with Gasteiger partial charge in [-0.3, -0.25) is 0 Å². The molecule has 1 aromatic rings. The summed E-state index contributed by atoms with van der Waals surface area (Å²) >= 11 is 0. The summed E-state index contributed by atoms with van der Waals surface area (Å²) in [5, 5.41) is 10.4. The summed E-state index contributed by atoms with van der Waals surface area (Å²) in [7, 11) is 0. The predicted molar refractivity (Wildman–Crippen MR) is 81.5 cm³/mol. The van der Waals surface area contributed by atoms with E-state index in [2.05, 4.69) is 25.1 Å². The smallest absolute Gasteiger partial charge is 0.0596 e. The Hall–Kier alpha value is -1.02. The zero-order valence-corrected chi connectivity index (χ0v) is 12.3. The van der Waals surface area contributed by atoms with E-state index in [0.717, 1.165) is 23.9 Å². The largest absolute Gasteiger partial charge is 0.399 e. The van der Waals surface area contributed by atoms with Crippen LogP contribution in [0.2, 0.25) is 0 Å². The minimum absolute atomic E-state index is 0.0683. The Balaban J connectivity index is 1.71. The van der Waals surface area contributed by atoms with Crippen molar-refractivity contribution in [3.05, 3.63) is 29.3 Å². The molecule has 20 heavy (non-hydrogen) atoms. The minimum atomic E-state index is -0.0683. The molecule has 0 radical (unpaired) electrons. The molecule has 2 nitrogen and oxygen atoms in total. The highest BCUT2D eigenvalue weighted by atomic mass is 16.3. The SMILES string of the molecule is C[C@]12CCC3c4ccc(N)cc4CCC3C1CCC2O. The summed E-state index contributed by atoms with van der Waals surface area (Å²) in [5.74, 6) is 2.21. The second kappa shape index (κ2) is 4.24. The molecule has 0 bridgehead atoms. The number of hydrogen-bond donors (Lipinski definition) is 2. The molecule has 0 saturated heterocycles. The van der Waals surface area contributed by atoms with Crippen LogP contribution in [0.3, 0.4) is 0 Å². The summed E-state index contributed by atoms with van der Waals surface area (Å²) in [4.78, 5) is 0. The number of rotatable bonds is 0. The van der Waals surface area contributed by atoms with Crippen molar-refractivity contribution in [3.63, 3.8) is 0 Å². The van der Waals surface area contributed by atoms with E-state index in [1.165, 1.54) is 37.7 Å². The fourth-order valence-electron chi connectivity index (χ4n) is 5.57. The van der Waals surface area contributed by atoms with Gasteiger partial charge in [-0.15, -0.1) is 0 Å². The summed E-state index contributed by atoms with van der Waals surface area (Å²) in [6.07, 6.45) is 7.05. The molecule has 0 spiro atoms. The summed E-state index contributed by atoms with van der Waals surface area (Å²) in [6, 6.07) is 6.52. The van der Waals surface area contributed by atoms with Gasteiger partial charge < -0.3 is 10.8 Å². The Morgan fingerprint density at radius 2 is 2.05 bits per heavy atom. The molecule has 5 atom stereocenters. The molecule has 0 aliphatic heterocycles. The van der Waals surface area contributed by atoms with Crippen molar-refractivity contribution in [1.82, 2.24) is 0 Å². The zero-order valence-electron chi connectivity index (χ0n) is 12.3. The van der Waals surface area contributed by atoms with Gasteiger partial charge in [0, 0.05) is 5.69 Å². The van der Waals surface area contributed by atoms with E-state index in [-0.39, 0.29) is 11.5 Å². The van der Waals surface area contributed by atoms with E-state index in [4.69, 9.17) is 5.73 Å². The molecule has 0 amide bonds. The minimum Gasteiger partial charge on any atom is -0.399 e. The van der Waals surface area contributed by atoms with Crippen LogP contribution in [0, 0.1) is 17.3 Å². The first-order chi connectivity index (χ1) is 9.59. The average molecular weight is 271 g/mol. The van der Waals surface area contributed by atoms with Crippen LogP contribution in [-0.2, 0) is 6.42 Å². The lowest BCUT2D eigenvalue weighted by Gasteiger charge is -2.50. The Bertz CT molecular complexity index is 540. The van der Waals surface area contributed by atoms with Crippen LogP contribution in [0.25, 0.3) is 0 Å². The number of aliphatic hydroxyl groups is 1. The quantitative estimate of drug-likeness (QED) is 0.710. The fourth-order valence-corrected chi connectivity index (χ4v) is 5.57. The maximum atomic E-state index is 10.4. The average Bonchev–Trinajstić information content (AvgIpc) is 2.74. The van der Waals surface area contributed by atoms with Gasteiger partial charge in [-0.25, -0.2) is 0 Å². The number of aliphatic hydroxyl groups excluding tert-OH is 1. The number of aryl methyl sites for hydroxylation is 1. The Kier molecular flexibility index (Phi) is 2.69. The maximum Gasteiger partial charge on any atom is 0.0596 e. The molecule has 0 aromatic heterocycles. The molecule has 1 aromatic carbocycles. The van der Waals surface area contributed by atoms with Gasteiger partial charge in [0.15, 0.2) is 0 Å². The number of nitrogen functional groups attached to an aromatic ring is 1. The molecule has 2 heteroatoms. The van der Waals surface area contributed by atoms with Crippen LogP contribution in [-0.4, -0.2) is 11.2 Å². The van der Waals surface area contributed by atoms with E-state index in [1.807, 2.05) is 0 Å². The topological polar surface area (TPSA) is 46.2 Å². The number of hydrogen-bond acceptors (Lipinski definition) is 2. The van der Waals surface area contributed by atoms with Gasteiger partial charge >= 0.3 is 0 Å². The van der Waals surface area contributed by atoms with E-state index < -0.39 is 0 Å². The maximum absolute atomic E-state index is 10.4. The highest BCUT2D eigenvalue weighted by Gasteiger charge is 2.54. The third-order valence-corrected chi connectivity index (χ3v) is 6.70. The predicted octanol–water partition coefficient (Wildman–Crippen LogP) is 3.49. The van der Waals surface area contributed by atoms with Crippen LogP contribution in [0.4, 0.5) is 5.69 Å². The van der Waals surface area contributed by atoms with E-state index >= 15 is 0 Å². The second-order valence-corrected chi connectivity index (χ2v) is 7.51. The highest BCUT2D eigenvalue weighted by Crippen LogP contribution is 2.60. The van der Waals surface area contributed by atoms with E-state index in [1.54, 1.807) is 5.56 Å². The lowest BCUT2D eigenvalue weighted by Crippen LogP contribution is -2.43. The normalized spacial score (nSPS) is 42.7. The first-order valence-corrected chi connectivity index (χ1v) is 8.16. The molecule has 0 heterocycles. The number of nitrogens with two attached hydrogens (primary N) is 1. The standard InChI is InChI=1S/C18H25NO/c1-18-9-8-14-13-5-3-12(19)10-11(13)2-4-15(14)16(18)6-7-17(18)20/h3,5,10,14-17,20H,2,4,6-9,19H2,1H3/t14?,15?,16?,17?,18-/m0/s1. The van der Waals surface area contributed by atoms with Crippen molar-refractivity contribution in [2.75, 3.05) is 5.73 Å². The summed E-state index contributed by atoms with van der Waals surface area (Å²) in [5.41, 5.74) is 10.1. The molecule has 4 unspecified atom stereocenters. The third-order valence-electron chi connectivity index (χ3n) is 6.70. The molecule has 108 valence electrons. The van der Waals surface area contributed by atoms with Crippen molar-refractivity contribution in [1.29, 1.82) is 0 Å². The zero-order chi connectivity index (χ0) is 13.9. The Morgan fingerprint density at radius 1 is 1.20 bits per heavy atom. The first-order valence-electron chi connectivity index (χ1n) is 8.16. The van der Waals surface area contributed by atoms with Crippen molar-refractivity contribution < 1.29 is 5.11 Å². The van der Waals surface area contributed by atoms with Crippen LogP contribution in [0.15, 0.2) is 18.2 Å². The van der Waals surface area contributed by atoms with Gasteiger partial charge in [-0.05, 0) is 85.0 Å². The number of anilines is 1. The van der Waals surface area contributed by atoms with Gasteiger partial charge in [0.25, 0.3) is 0 Å². The first kappa shape index (κ1) is 12.7. The Morgan fingerprint density at radius 3 is 2.90 bits per heavy atom. The van der Waals surface area contributed by atoms with E-state index in [9.17, 15) is 5.11 Å². The van der Waals surface area contributed by atoms with Gasteiger partial charge in [0.2, 0.25) is 0 Å². The lowest BCUT2D eigenvalue weighted by atomic mass is 9.55. The van der Waals surface area contributed by atoms with Gasteiger partial charge in [-0.2, -0.15) is 0 Å². The lowest BCUT2D eigenvalue weighted by molar-refractivity contribution is -0.0226. The number of benzene rings is 1. The summed E-state index contributed by atoms with van der Waals surface area (Å²) in [6.45, 7) is 2.34. The number of fused-ring (bicyclic) bond motifs is 5. The molecular formula is C18H25NO. The molecule has 2 saturated carbocycles. The monoisotopic (exact) mass is 271 g/mol. The molecule has 2 fully saturated rings. The van der Waals surface area contributed by atoms with Crippen LogP contribution < -0.4 is 5.73 Å². The van der Waals surface area contributed by atoms with Crippen LogP contribution in [0.5, 0.6) is 0 Å². The van der Waals surface area contributed by atoms with Gasteiger partial charge in [0.05, 0.1) is 6.10 Å². The highest BCUT2D eigenvalue weighted by molar-refractivity contribution is 5.47. The van der Waals surface area contributed by atoms with Crippen molar-refractivity contribution >= 4 is 5.69 Å². The van der Waals surface area contributed by atoms with Crippen molar-refractivity contribution in [2.24, 2.45) is 17.3 Å². The van der Waals surface area contributed by atoms with E-state index in [0.29, 0.717) is 5.92 Å². The molecule has 3 N–H and O–H groups in total. The molecule has 3 aliphatic carbocycles. The summed E-state index contributed by atoms with van der Waals surface area (Å²) < 4.78 is 0. The van der Waals surface area contributed by atoms with Crippen molar-refractivity contribution in [2.45, 2.75) is 57.5 Å². The van der Waals surface area contributed by atoms with Gasteiger partial charge in [-0.1, -0.05) is 13.0 Å². The Labute approximate surface area is 121 Å². The van der Waals surface area contributed by atoms with Crippen molar-refractivity contribution in [3.8, 4) is 0 Å². The molecule has 4 rings (SSSR count). The molecular weight excluding hydrogens is 246 g/mol. The van der Waals surface area contributed by atoms with Crippen LogP contribution >= 0.6 is 0 Å². The third kappa shape index (κ3) is 1.60. The van der Waals surface area contributed by atoms with Gasteiger partial charge in [0.1, 0.15) is 0 Å². The second-order valence-electron chi connectivity index (χ2n) is 7.51. The van der Waals surface area contributed by atoms with Crippen LogP contribution in [0.1, 0.15) is 56.1 Å². The molecule has 3 aliphatic rings.